The Morgan fingerprint density at radius 2 is 1.90 bits per heavy atom. The van der Waals surface area contributed by atoms with Crippen molar-refractivity contribution in [3.8, 4) is 0 Å². The van der Waals surface area contributed by atoms with Crippen LogP contribution in [0.5, 0.6) is 0 Å². The molecule has 3 aromatic rings. The standard InChI is InChI=1S/C31H35N5O3S/c1-3-4-14-26(39-31(40)36-18-17-32-20-36)24(19-21-15-16-21)29(37)34-28-30(38)35(2)25-13-9-8-12-23(25)27(33-28)22-10-6-5-7-11-22/h5-13,17-18,20-21,24,26,28H,3-4,14-16,19H2,1-2H3,(H,34,37)/t24-,26-,28-/m1/s1. The second kappa shape index (κ2) is 12.6. The number of imidazole rings is 1. The third-order valence-corrected chi connectivity index (χ3v) is 7.86. The van der Waals surface area contributed by atoms with E-state index >= 15 is 0 Å². The number of nitrogens with one attached hydrogen (secondary N) is 1. The maximum absolute atomic E-state index is 14.0. The van der Waals surface area contributed by atoms with E-state index in [0.29, 0.717) is 24.5 Å². The number of carbonyl (C=O) groups is 2. The fourth-order valence-corrected chi connectivity index (χ4v) is 5.36. The highest BCUT2D eigenvalue weighted by atomic mass is 32.1. The molecule has 0 bridgehead atoms. The molecule has 0 radical (unpaired) electrons. The molecule has 9 heteroatoms. The van der Waals surface area contributed by atoms with Crippen LogP contribution in [0.4, 0.5) is 5.69 Å². The van der Waals surface area contributed by atoms with Crippen molar-refractivity contribution in [2.24, 2.45) is 16.8 Å². The Morgan fingerprint density at radius 3 is 2.60 bits per heavy atom. The molecule has 3 atom stereocenters. The number of benzene rings is 2. The molecule has 40 heavy (non-hydrogen) atoms. The van der Waals surface area contributed by atoms with Gasteiger partial charge in [-0.05, 0) is 37.0 Å². The van der Waals surface area contributed by atoms with Gasteiger partial charge in [-0.25, -0.2) is 9.98 Å². The second-order valence-electron chi connectivity index (χ2n) is 10.5. The fraction of sp³-hybridized carbons (Fsp3) is 0.387. The van der Waals surface area contributed by atoms with Gasteiger partial charge in [-0.3, -0.25) is 14.2 Å². The summed E-state index contributed by atoms with van der Waals surface area (Å²) in [6, 6.07) is 17.4. The number of thiocarbonyl (C=S) groups is 1. The highest BCUT2D eigenvalue weighted by molar-refractivity contribution is 7.80. The zero-order valence-electron chi connectivity index (χ0n) is 22.9. The van der Waals surface area contributed by atoms with Gasteiger partial charge >= 0.3 is 0 Å². The molecular formula is C31H35N5O3S. The molecule has 0 spiro atoms. The van der Waals surface area contributed by atoms with Crippen LogP contribution in [0.2, 0.25) is 0 Å². The van der Waals surface area contributed by atoms with Crippen LogP contribution in [0, 0.1) is 11.8 Å². The minimum absolute atomic E-state index is 0.240. The van der Waals surface area contributed by atoms with Gasteiger partial charge in [-0.2, -0.15) is 0 Å². The Balaban J connectivity index is 1.45. The zero-order valence-corrected chi connectivity index (χ0v) is 23.7. The van der Waals surface area contributed by atoms with Crippen LogP contribution in [0.3, 0.4) is 0 Å². The Bertz CT molecular complexity index is 1370. The van der Waals surface area contributed by atoms with Crippen LogP contribution < -0.4 is 10.2 Å². The number of aromatic nitrogens is 2. The monoisotopic (exact) mass is 557 g/mol. The lowest BCUT2D eigenvalue weighted by Crippen LogP contribution is -2.50. The molecule has 1 aliphatic carbocycles. The average molecular weight is 558 g/mol. The molecular weight excluding hydrogens is 522 g/mol. The van der Waals surface area contributed by atoms with Crippen LogP contribution in [-0.2, 0) is 14.3 Å². The van der Waals surface area contributed by atoms with Crippen LogP contribution in [0.1, 0.15) is 56.6 Å². The molecule has 0 saturated heterocycles. The van der Waals surface area contributed by atoms with E-state index in [1.165, 1.54) is 0 Å². The first-order chi connectivity index (χ1) is 19.5. The first-order valence-electron chi connectivity index (χ1n) is 14.0. The second-order valence-corrected chi connectivity index (χ2v) is 10.8. The predicted octanol–water partition coefficient (Wildman–Crippen LogP) is 4.96. The quantitative estimate of drug-likeness (QED) is 0.356. The molecule has 1 fully saturated rings. The SMILES string of the molecule is CCCC[C@@H](OC(=S)n1ccnc1)[C@@H](CC1CC1)C(=O)N[C@H]1N=C(c2ccccc2)c2ccccc2N(C)C1=O. The number of aliphatic imine (C=N–C) groups is 1. The van der Waals surface area contributed by atoms with Gasteiger partial charge in [0, 0.05) is 30.6 Å². The van der Waals surface area contributed by atoms with Crippen molar-refractivity contribution in [1.82, 2.24) is 14.9 Å². The van der Waals surface area contributed by atoms with E-state index in [0.717, 1.165) is 42.5 Å². The summed E-state index contributed by atoms with van der Waals surface area (Å²) in [5, 5.41) is 3.27. The molecule has 1 saturated carbocycles. The van der Waals surface area contributed by atoms with E-state index in [4.69, 9.17) is 21.9 Å². The summed E-state index contributed by atoms with van der Waals surface area (Å²) in [6.45, 7) is 2.11. The summed E-state index contributed by atoms with van der Waals surface area (Å²) in [5.74, 6) is -0.544. The summed E-state index contributed by atoms with van der Waals surface area (Å²) >= 11 is 5.55. The topological polar surface area (TPSA) is 88.8 Å². The number of rotatable bonds is 10. The molecule has 1 aliphatic heterocycles. The number of benzodiazepines with no additional fused rings is 1. The Kier molecular flexibility index (Phi) is 8.69. The lowest BCUT2D eigenvalue weighted by Gasteiger charge is -2.29. The van der Waals surface area contributed by atoms with Gasteiger partial charge < -0.3 is 15.0 Å². The van der Waals surface area contributed by atoms with Crippen molar-refractivity contribution in [2.75, 3.05) is 11.9 Å². The average Bonchev–Trinajstić information content (AvgIpc) is 3.65. The van der Waals surface area contributed by atoms with Crippen molar-refractivity contribution in [3.63, 3.8) is 0 Å². The molecule has 0 unspecified atom stereocenters. The summed E-state index contributed by atoms with van der Waals surface area (Å²) in [5.41, 5.74) is 3.13. The maximum atomic E-state index is 14.0. The minimum atomic E-state index is -1.07. The molecule has 2 amide bonds. The number of hydrogen-bond donors (Lipinski definition) is 1. The number of hydrogen-bond acceptors (Lipinski definition) is 6. The Hall–Kier alpha value is -3.85. The summed E-state index contributed by atoms with van der Waals surface area (Å²) in [6.07, 6.45) is 8.85. The molecule has 1 aromatic heterocycles. The molecule has 5 rings (SSSR count). The van der Waals surface area contributed by atoms with Crippen LogP contribution in [0.25, 0.3) is 0 Å². The van der Waals surface area contributed by atoms with Gasteiger partial charge in [-0.15, -0.1) is 0 Å². The minimum Gasteiger partial charge on any atom is -0.466 e. The largest absolute Gasteiger partial charge is 0.466 e. The molecule has 1 N–H and O–H groups in total. The first kappa shape index (κ1) is 27.7. The van der Waals surface area contributed by atoms with E-state index in [1.54, 1.807) is 35.2 Å². The highest BCUT2D eigenvalue weighted by Crippen LogP contribution is 2.38. The Morgan fingerprint density at radius 1 is 1.15 bits per heavy atom. The number of carbonyl (C=O) groups excluding carboxylic acids is 2. The summed E-state index contributed by atoms with van der Waals surface area (Å²) in [4.78, 5) is 38.2. The molecule has 2 aromatic carbocycles. The molecule has 2 aliphatic rings. The van der Waals surface area contributed by atoms with E-state index < -0.39 is 18.2 Å². The van der Waals surface area contributed by atoms with Crippen molar-refractivity contribution in [1.29, 1.82) is 0 Å². The predicted molar refractivity (Wildman–Crippen MR) is 159 cm³/mol. The number of anilines is 1. The normalized spacial score (nSPS) is 18.2. The summed E-state index contributed by atoms with van der Waals surface area (Å²) in [7, 11) is 1.72. The van der Waals surface area contributed by atoms with Gasteiger partial charge in [0.2, 0.25) is 12.1 Å². The third kappa shape index (κ3) is 6.31. The van der Waals surface area contributed by atoms with E-state index in [9.17, 15) is 9.59 Å². The summed E-state index contributed by atoms with van der Waals surface area (Å²) < 4.78 is 7.91. The smallest absolute Gasteiger partial charge is 0.272 e. The number of likely N-dealkylation sites (N-methyl/N-ethyl adjacent to an activating group) is 1. The van der Waals surface area contributed by atoms with Crippen molar-refractivity contribution in [3.05, 3.63) is 84.4 Å². The van der Waals surface area contributed by atoms with E-state index in [1.807, 2.05) is 54.6 Å². The Labute approximate surface area is 240 Å². The van der Waals surface area contributed by atoms with Gasteiger partial charge in [0.05, 0.1) is 17.3 Å². The van der Waals surface area contributed by atoms with E-state index in [-0.39, 0.29) is 17.0 Å². The first-order valence-corrected chi connectivity index (χ1v) is 14.4. The van der Waals surface area contributed by atoms with Crippen molar-refractivity contribution < 1.29 is 14.3 Å². The van der Waals surface area contributed by atoms with Gasteiger partial charge in [0.15, 0.2) is 0 Å². The van der Waals surface area contributed by atoms with Crippen molar-refractivity contribution >= 4 is 40.6 Å². The molecule has 2 heterocycles. The number of amides is 2. The highest BCUT2D eigenvalue weighted by Gasteiger charge is 2.39. The van der Waals surface area contributed by atoms with Gasteiger partial charge in [0.1, 0.15) is 12.4 Å². The number of unbranched alkanes of at least 4 members (excludes halogenated alkanes) is 1. The van der Waals surface area contributed by atoms with Gasteiger partial charge in [-0.1, -0.05) is 81.1 Å². The van der Waals surface area contributed by atoms with E-state index in [2.05, 4.69) is 17.2 Å². The van der Waals surface area contributed by atoms with Crippen LogP contribution in [0.15, 0.2) is 78.3 Å². The maximum Gasteiger partial charge on any atom is 0.272 e. The van der Waals surface area contributed by atoms with Crippen LogP contribution >= 0.6 is 12.2 Å². The van der Waals surface area contributed by atoms with Crippen LogP contribution in [-0.4, -0.2) is 51.6 Å². The number of nitrogens with zero attached hydrogens (tertiary/aromatic N) is 4. The zero-order chi connectivity index (χ0) is 28.1. The fourth-order valence-electron chi connectivity index (χ4n) is 5.13. The lowest BCUT2D eigenvalue weighted by atomic mass is 9.91. The number of ether oxygens (including phenoxy) is 1. The number of para-hydroxylation sites is 1. The molecule has 208 valence electrons. The van der Waals surface area contributed by atoms with Gasteiger partial charge in [0.25, 0.3) is 11.1 Å². The number of fused-ring (bicyclic) bond motifs is 1. The van der Waals surface area contributed by atoms with Crippen molar-refractivity contribution in [2.45, 2.75) is 57.7 Å². The third-order valence-electron chi connectivity index (χ3n) is 7.55. The molecule has 8 nitrogen and oxygen atoms in total. The lowest BCUT2D eigenvalue weighted by molar-refractivity contribution is -0.132.